The van der Waals surface area contributed by atoms with Crippen molar-refractivity contribution < 1.29 is 19.4 Å². The molecule has 0 aromatic rings. The highest BCUT2D eigenvalue weighted by atomic mass is 16.6. The second-order valence-corrected chi connectivity index (χ2v) is 5.88. The molecule has 1 fully saturated rings. The third-order valence-electron chi connectivity index (χ3n) is 3.55. The van der Waals surface area contributed by atoms with Gasteiger partial charge in [0, 0.05) is 0 Å². The van der Waals surface area contributed by atoms with Crippen molar-refractivity contribution in [3.8, 4) is 0 Å². The number of carbonyl (C=O) groups is 2. The number of imide groups is 1. The van der Waals surface area contributed by atoms with Gasteiger partial charge in [-0.15, -0.1) is 6.58 Å². The van der Waals surface area contributed by atoms with Crippen LogP contribution in [0.2, 0.25) is 0 Å². The zero-order chi connectivity index (χ0) is 15.0. The summed E-state index contributed by atoms with van der Waals surface area (Å²) < 4.78 is 5.28. The van der Waals surface area contributed by atoms with Crippen LogP contribution in [-0.2, 0) is 9.53 Å². The van der Waals surface area contributed by atoms with Crippen molar-refractivity contribution in [3.05, 3.63) is 12.7 Å². The number of hydrogen-bond donors (Lipinski definition) is 1. The van der Waals surface area contributed by atoms with Crippen molar-refractivity contribution in [1.29, 1.82) is 0 Å². The van der Waals surface area contributed by atoms with Crippen LogP contribution in [0.3, 0.4) is 0 Å². The number of ether oxygens (including phenoxy) is 1. The monoisotopic (exact) mass is 269 g/mol. The summed E-state index contributed by atoms with van der Waals surface area (Å²) in [7, 11) is 0. The number of nitrogens with zero attached hydrogens (tertiary/aromatic N) is 1. The zero-order valence-corrected chi connectivity index (χ0v) is 12.2. The minimum absolute atomic E-state index is 0.0680. The Morgan fingerprint density at radius 1 is 1.47 bits per heavy atom. The largest absolute Gasteiger partial charge is 0.441 e. The number of hydrogen-bond acceptors (Lipinski definition) is 4. The Labute approximate surface area is 114 Å². The second kappa shape index (κ2) is 5.33. The Morgan fingerprint density at radius 2 is 2.00 bits per heavy atom. The number of cyclic esters (lactones) is 1. The molecule has 0 saturated carbocycles. The molecule has 0 bridgehead atoms. The molecule has 0 unspecified atom stereocenters. The average Bonchev–Trinajstić information content (AvgIpc) is 2.55. The third kappa shape index (κ3) is 2.81. The molecule has 2 amide bonds. The van der Waals surface area contributed by atoms with E-state index in [0.717, 1.165) is 4.90 Å². The SMILES string of the molecule is C=C[C@@H](O)[C@H](C)C(=O)N1C(=O)OC(C)(C)[C@@H]1C(C)C. The molecule has 19 heavy (non-hydrogen) atoms. The number of amides is 2. The van der Waals surface area contributed by atoms with E-state index in [4.69, 9.17) is 4.74 Å². The van der Waals surface area contributed by atoms with Gasteiger partial charge in [-0.25, -0.2) is 9.69 Å². The molecule has 3 atom stereocenters. The summed E-state index contributed by atoms with van der Waals surface area (Å²) in [4.78, 5) is 25.5. The Morgan fingerprint density at radius 3 is 2.42 bits per heavy atom. The van der Waals surface area contributed by atoms with Crippen molar-refractivity contribution >= 4 is 12.0 Å². The van der Waals surface area contributed by atoms with E-state index < -0.39 is 29.6 Å². The minimum atomic E-state index is -0.975. The first-order valence-electron chi connectivity index (χ1n) is 6.50. The van der Waals surface area contributed by atoms with Crippen molar-refractivity contribution in [2.75, 3.05) is 0 Å². The first-order valence-corrected chi connectivity index (χ1v) is 6.50. The molecular weight excluding hydrogens is 246 g/mol. The summed E-state index contributed by atoms with van der Waals surface area (Å²) in [5, 5.41) is 9.68. The van der Waals surface area contributed by atoms with E-state index in [1.807, 2.05) is 13.8 Å². The summed E-state index contributed by atoms with van der Waals surface area (Å²) in [5.74, 6) is -1.08. The van der Waals surface area contributed by atoms with Gasteiger partial charge in [0.05, 0.1) is 18.1 Å². The fourth-order valence-electron chi connectivity index (χ4n) is 2.66. The number of carbonyl (C=O) groups excluding carboxylic acids is 2. The van der Waals surface area contributed by atoms with Crippen LogP contribution in [0.15, 0.2) is 12.7 Å². The van der Waals surface area contributed by atoms with E-state index in [2.05, 4.69) is 6.58 Å². The van der Waals surface area contributed by atoms with Crippen molar-refractivity contribution in [1.82, 2.24) is 4.90 Å². The molecule has 1 N–H and O–H groups in total. The van der Waals surface area contributed by atoms with Gasteiger partial charge in [-0.2, -0.15) is 0 Å². The van der Waals surface area contributed by atoms with E-state index in [0.29, 0.717) is 0 Å². The molecule has 0 aliphatic carbocycles. The highest BCUT2D eigenvalue weighted by Crippen LogP contribution is 2.35. The van der Waals surface area contributed by atoms with Crippen molar-refractivity contribution in [3.63, 3.8) is 0 Å². The molecule has 0 radical (unpaired) electrons. The molecule has 0 aromatic heterocycles. The first-order chi connectivity index (χ1) is 8.63. The summed E-state index contributed by atoms with van der Waals surface area (Å²) in [5.41, 5.74) is -0.722. The first kappa shape index (κ1) is 15.7. The summed E-state index contributed by atoms with van der Waals surface area (Å²) in [6.45, 7) is 12.5. The molecule has 108 valence electrons. The lowest BCUT2D eigenvalue weighted by atomic mass is 9.88. The second-order valence-electron chi connectivity index (χ2n) is 5.88. The Hall–Kier alpha value is -1.36. The standard InChI is InChI=1S/C14H23NO4/c1-7-10(16)9(4)12(17)15-11(8(2)3)14(5,6)19-13(15)18/h7-11,16H,1H2,2-6H3/t9-,10+,11-/m0/s1. The van der Waals surface area contributed by atoms with Crippen molar-refractivity contribution in [2.24, 2.45) is 11.8 Å². The Bertz CT molecular complexity index is 389. The van der Waals surface area contributed by atoms with E-state index in [-0.39, 0.29) is 12.0 Å². The van der Waals surface area contributed by atoms with Crippen molar-refractivity contribution in [2.45, 2.75) is 52.4 Å². The predicted octanol–water partition coefficient (Wildman–Crippen LogP) is 1.95. The Kier molecular flexibility index (Phi) is 4.40. The molecule has 0 aromatic carbocycles. The van der Waals surface area contributed by atoms with Gasteiger partial charge < -0.3 is 9.84 Å². The molecule has 5 nitrogen and oxygen atoms in total. The highest BCUT2D eigenvalue weighted by molar-refractivity contribution is 5.95. The number of aliphatic hydroxyl groups excluding tert-OH is 1. The normalized spacial score (nSPS) is 25.1. The topological polar surface area (TPSA) is 66.8 Å². The maximum atomic E-state index is 12.4. The lowest BCUT2D eigenvalue weighted by Gasteiger charge is -2.32. The van der Waals surface area contributed by atoms with Gasteiger partial charge >= 0.3 is 6.09 Å². The van der Waals surface area contributed by atoms with Crippen LogP contribution in [0.1, 0.15) is 34.6 Å². The van der Waals surface area contributed by atoms with Gasteiger partial charge in [0.15, 0.2) is 0 Å². The fraction of sp³-hybridized carbons (Fsp3) is 0.714. The quantitative estimate of drug-likeness (QED) is 0.792. The molecule has 5 heteroatoms. The van der Waals surface area contributed by atoms with Gasteiger partial charge in [-0.1, -0.05) is 26.8 Å². The molecule has 1 saturated heterocycles. The lowest BCUT2D eigenvalue weighted by Crippen LogP contribution is -2.50. The third-order valence-corrected chi connectivity index (χ3v) is 3.55. The Balaban J connectivity index is 3.06. The number of aliphatic hydroxyl groups is 1. The average molecular weight is 269 g/mol. The van der Waals surface area contributed by atoms with Crippen LogP contribution < -0.4 is 0 Å². The van der Waals surface area contributed by atoms with Gasteiger partial charge in [0.1, 0.15) is 5.60 Å². The van der Waals surface area contributed by atoms with Crippen LogP contribution >= 0.6 is 0 Å². The van der Waals surface area contributed by atoms with Gasteiger partial charge in [0.25, 0.3) is 0 Å². The molecule has 1 heterocycles. The van der Waals surface area contributed by atoms with Crippen LogP contribution in [0.4, 0.5) is 4.79 Å². The van der Waals surface area contributed by atoms with Crippen LogP contribution in [0.25, 0.3) is 0 Å². The maximum absolute atomic E-state index is 12.4. The summed E-state index contributed by atoms with van der Waals surface area (Å²) >= 11 is 0. The maximum Gasteiger partial charge on any atom is 0.417 e. The fourth-order valence-corrected chi connectivity index (χ4v) is 2.66. The molecule has 1 aliphatic rings. The molecule has 1 aliphatic heterocycles. The zero-order valence-electron chi connectivity index (χ0n) is 12.2. The van der Waals surface area contributed by atoms with E-state index in [1.54, 1.807) is 20.8 Å². The molecule has 1 rings (SSSR count). The van der Waals surface area contributed by atoms with Gasteiger partial charge in [-0.05, 0) is 19.8 Å². The van der Waals surface area contributed by atoms with Crippen LogP contribution in [0.5, 0.6) is 0 Å². The van der Waals surface area contributed by atoms with Crippen LogP contribution in [0, 0.1) is 11.8 Å². The highest BCUT2D eigenvalue weighted by Gasteiger charge is 2.52. The summed E-state index contributed by atoms with van der Waals surface area (Å²) in [6.07, 6.45) is -0.326. The van der Waals surface area contributed by atoms with E-state index in [1.165, 1.54) is 6.08 Å². The predicted molar refractivity (Wildman–Crippen MR) is 71.4 cm³/mol. The van der Waals surface area contributed by atoms with E-state index >= 15 is 0 Å². The smallest absolute Gasteiger partial charge is 0.417 e. The van der Waals surface area contributed by atoms with Gasteiger partial charge in [-0.3, -0.25) is 4.79 Å². The molecular formula is C14H23NO4. The van der Waals surface area contributed by atoms with E-state index in [9.17, 15) is 14.7 Å². The van der Waals surface area contributed by atoms with Gasteiger partial charge in [0.2, 0.25) is 5.91 Å². The lowest BCUT2D eigenvalue weighted by molar-refractivity contribution is -0.136. The minimum Gasteiger partial charge on any atom is -0.441 e. The number of rotatable bonds is 4. The molecule has 0 spiro atoms. The summed E-state index contributed by atoms with van der Waals surface area (Å²) in [6, 6.07) is -0.341. The van der Waals surface area contributed by atoms with Crippen LogP contribution in [-0.4, -0.2) is 39.8 Å².